The SMILES string of the molecule is CCOC(=O)c1csc(NCc2sccc2CC)n1. The fraction of sp³-hybridized carbons (Fsp3) is 0.385. The minimum atomic E-state index is -0.364. The van der Waals surface area contributed by atoms with Crippen LogP contribution in [0.5, 0.6) is 0 Å². The summed E-state index contributed by atoms with van der Waals surface area (Å²) in [5.74, 6) is -0.364. The van der Waals surface area contributed by atoms with Crippen LogP contribution in [-0.2, 0) is 17.7 Å². The van der Waals surface area contributed by atoms with E-state index >= 15 is 0 Å². The Labute approximate surface area is 120 Å². The van der Waals surface area contributed by atoms with Gasteiger partial charge in [0.25, 0.3) is 0 Å². The van der Waals surface area contributed by atoms with Crippen LogP contribution < -0.4 is 5.32 Å². The topological polar surface area (TPSA) is 51.2 Å². The Hall–Kier alpha value is -1.40. The lowest BCUT2D eigenvalue weighted by atomic mass is 10.2. The van der Waals surface area contributed by atoms with Gasteiger partial charge in [0, 0.05) is 10.3 Å². The number of rotatable bonds is 6. The lowest BCUT2D eigenvalue weighted by Crippen LogP contribution is -2.05. The number of aromatic nitrogens is 1. The van der Waals surface area contributed by atoms with Crippen molar-refractivity contribution in [3.05, 3.63) is 33.0 Å². The van der Waals surface area contributed by atoms with Crippen molar-refractivity contribution in [1.82, 2.24) is 4.98 Å². The van der Waals surface area contributed by atoms with Crippen molar-refractivity contribution < 1.29 is 9.53 Å². The summed E-state index contributed by atoms with van der Waals surface area (Å²) in [6.07, 6.45) is 1.03. The van der Waals surface area contributed by atoms with Crippen LogP contribution >= 0.6 is 22.7 Å². The molecule has 0 aliphatic heterocycles. The second kappa shape index (κ2) is 6.68. The fourth-order valence-electron chi connectivity index (χ4n) is 1.65. The van der Waals surface area contributed by atoms with Crippen LogP contribution in [0.4, 0.5) is 5.13 Å². The first kappa shape index (κ1) is 14.0. The number of thiazole rings is 1. The standard InChI is InChI=1S/C13H16N2O2S2/c1-3-9-5-6-18-11(9)7-14-13-15-10(8-19-13)12(16)17-4-2/h5-6,8H,3-4,7H2,1-2H3,(H,14,15). The van der Waals surface area contributed by atoms with Crippen molar-refractivity contribution in [2.45, 2.75) is 26.8 Å². The highest BCUT2D eigenvalue weighted by Crippen LogP contribution is 2.21. The molecule has 0 bridgehead atoms. The summed E-state index contributed by atoms with van der Waals surface area (Å²) in [6, 6.07) is 2.15. The van der Waals surface area contributed by atoms with E-state index in [4.69, 9.17) is 4.74 Å². The van der Waals surface area contributed by atoms with E-state index in [0.29, 0.717) is 12.3 Å². The van der Waals surface area contributed by atoms with Gasteiger partial charge in [-0.15, -0.1) is 22.7 Å². The second-order valence-corrected chi connectivity index (χ2v) is 5.69. The molecule has 0 saturated heterocycles. The summed E-state index contributed by atoms with van der Waals surface area (Å²) in [5.41, 5.74) is 1.73. The highest BCUT2D eigenvalue weighted by Gasteiger charge is 2.11. The van der Waals surface area contributed by atoms with Gasteiger partial charge in [0.05, 0.1) is 13.2 Å². The molecule has 1 N–H and O–H groups in total. The van der Waals surface area contributed by atoms with Crippen LogP contribution in [0, 0.1) is 0 Å². The second-order valence-electron chi connectivity index (χ2n) is 3.83. The smallest absolute Gasteiger partial charge is 0.357 e. The van der Waals surface area contributed by atoms with Crippen molar-refractivity contribution in [2.24, 2.45) is 0 Å². The van der Waals surface area contributed by atoms with E-state index in [1.807, 2.05) is 0 Å². The minimum absolute atomic E-state index is 0.364. The Bertz CT molecular complexity index is 548. The maximum Gasteiger partial charge on any atom is 0.357 e. The van der Waals surface area contributed by atoms with Crippen molar-refractivity contribution in [3.63, 3.8) is 0 Å². The number of aryl methyl sites for hydroxylation is 1. The van der Waals surface area contributed by atoms with Crippen LogP contribution in [0.1, 0.15) is 34.8 Å². The summed E-state index contributed by atoms with van der Waals surface area (Å²) >= 11 is 3.16. The third-order valence-corrected chi connectivity index (χ3v) is 4.37. The third kappa shape index (κ3) is 3.54. The summed E-state index contributed by atoms with van der Waals surface area (Å²) in [7, 11) is 0. The first-order valence-electron chi connectivity index (χ1n) is 6.16. The molecule has 19 heavy (non-hydrogen) atoms. The maximum atomic E-state index is 11.5. The fourth-order valence-corrected chi connectivity index (χ4v) is 3.24. The summed E-state index contributed by atoms with van der Waals surface area (Å²) in [6.45, 7) is 5.05. The Balaban J connectivity index is 1.95. The minimum Gasteiger partial charge on any atom is -0.461 e. The maximum absolute atomic E-state index is 11.5. The van der Waals surface area contributed by atoms with E-state index in [2.05, 4.69) is 28.7 Å². The highest BCUT2D eigenvalue weighted by molar-refractivity contribution is 7.14. The van der Waals surface area contributed by atoms with E-state index < -0.39 is 0 Å². The molecule has 102 valence electrons. The first-order valence-corrected chi connectivity index (χ1v) is 7.92. The quantitative estimate of drug-likeness (QED) is 0.828. The number of thiophene rings is 1. The average molecular weight is 296 g/mol. The average Bonchev–Trinajstić information content (AvgIpc) is 3.05. The van der Waals surface area contributed by atoms with Crippen LogP contribution in [0.15, 0.2) is 16.8 Å². The highest BCUT2D eigenvalue weighted by atomic mass is 32.1. The number of carbonyl (C=O) groups excluding carboxylic acids is 1. The molecule has 0 amide bonds. The lowest BCUT2D eigenvalue weighted by Gasteiger charge is -2.02. The molecule has 0 atom stereocenters. The Morgan fingerprint density at radius 3 is 3.00 bits per heavy atom. The molecule has 0 radical (unpaired) electrons. The number of carbonyl (C=O) groups is 1. The Morgan fingerprint density at radius 2 is 2.26 bits per heavy atom. The number of nitrogens with one attached hydrogen (secondary N) is 1. The molecule has 0 spiro atoms. The van der Waals surface area contributed by atoms with Crippen LogP contribution in [-0.4, -0.2) is 17.6 Å². The van der Waals surface area contributed by atoms with Crippen LogP contribution in [0.25, 0.3) is 0 Å². The zero-order valence-corrected chi connectivity index (χ0v) is 12.6. The molecule has 0 fully saturated rings. The van der Waals surface area contributed by atoms with Gasteiger partial charge in [-0.1, -0.05) is 6.92 Å². The Morgan fingerprint density at radius 1 is 1.42 bits per heavy atom. The van der Waals surface area contributed by atoms with Gasteiger partial charge < -0.3 is 10.1 Å². The van der Waals surface area contributed by atoms with Gasteiger partial charge in [0.1, 0.15) is 0 Å². The first-order chi connectivity index (χ1) is 9.24. The van der Waals surface area contributed by atoms with Gasteiger partial charge in [-0.2, -0.15) is 0 Å². The predicted octanol–water partition coefficient (Wildman–Crippen LogP) is 3.56. The molecule has 2 rings (SSSR count). The molecule has 6 heteroatoms. The van der Waals surface area contributed by atoms with Crippen molar-refractivity contribution in [1.29, 1.82) is 0 Å². The molecule has 2 aromatic heterocycles. The zero-order valence-electron chi connectivity index (χ0n) is 10.9. The van der Waals surface area contributed by atoms with Crippen molar-refractivity contribution in [2.75, 3.05) is 11.9 Å². The van der Waals surface area contributed by atoms with Gasteiger partial charge in [-0.3, -0.25) is 0 Å². The largest absolute Gasteiger partial charge is 0.461 e. The van der Waals surface area contributed by atoms with E-state index in [0.717, 1.165) is 18.1 Å². The van der Waals surface area contributed by atoms with E-state index in [-0.39, 0.29) is 5.97 Å². The number of nitrogens with zero attached hydrogens (tertiary/aromatic N) is 1. The van der Waals surface area contributed by atoms with E-state index in [9.17, 15) is 4.79 Å². The van der Waals surface area contributed by atoms with Gasteiger partial charge in [0.2, 0.25) is 0 Å². The van der Waals surface area contributed by atoms with E-state index in [1.165, 1.54) is 21.8 Å². The van der Waals surface area contributed by atoms with E-state index in [1.54, 1.807) is 23.6 Å². The third-order valence-electron chi connectivity index (χ3n) is 2.61. The van der Waals surface area contributed by atoms with Crippen LogP contribution in [0.2, 0.25) is 0 Å². The van der Waals surface area contributed by atoms with Crippen LogP contribution in [0.3, 0.4) is 0 Å². The number of hydrogen-bond acceptors (Lipinski definition) is 6. The van der Waals surface area contributed by atoms with Gasteiger partial charge >= 0.3 is 5.97 Å². The summed E-state index contributed by atoms with van der Waals surface area (Å²) in [5, 5.41) is 7.81. The molecule has 2 heterocycles. The monoisotopic (exact) mass is 296 g/mol. The molecule has 0 saturated carbocycles. The molecular formula is C13H16N2O2S2. The number of hydrogen-bond donors (Lipinski definition) is 1. The normalized spacial score (nSPS) is 10.4. The molecule has 0 unspecified atom stereocenters. The van der Waals surface area contributed by atoms with Crippen molar-refractivity contribution in [3.8, 4) is 0 Å². The molecule has 2 aromatic rings. The summed E-state index contributed by atoms with van der Waals surface area (Å²) < 4.78 is 4.91. The molecule has 0 aromatic carbocycles. The van der Waals surface area contributed by atoms with Gasteiger partial charge in [0.15, 0.2) is 10.8 Å². The zero-order chi connectivity index (χ0) is 13.7. The lowest BCUT2D eigenvalue weighted by molar-refractivity contribution is 0.0520. The molecule has 4 nitrogen and oxygen atoms in total. The molecular weight excluding hydrogens is 280 g/mol. The molecule has 0 aliphatic carbocycles. The van der Waals surface area contributed by atoms with Gasteiger partial charge in [-0.25, -0.2) is 9.78 Å². The molecule has 0 aliphatic rings. The number of ether oxygens (including phenoxy) is 1. The van der Waals surface area contributed by atoms with Crippen molar-refractivity contribution >= 4 is 33.8 Å². The Kier molecular flexibility index (Phi) is 4.93. The number of esters is 1. The van der Waals surface area contributed by atoms with Gasteiger partial charge in [-0.05, 0) is 30.4 Å². The predicted molar refractivity (Wildman–Crippen MR) is 79.1 cm³/mol. The summed E-state index contributed by atoms with van der Waals surface area (Å²) in [4.78, 5) is 17.0. The number of anilines is 1.